The first-order valence-electron chi connectivity index (χ1n) is 8.39. The summed E-state index contributed by atoms with van der Waals surface area (Å²) in [6.45, 7) is 1.91. The summed E-state index contributed by atoms with van der Waals surface area (Å²) in [5.41, 5.74) is 1.46. The Kier molecular flexibility index (Phi) is 6.71. The molecule has 122 valence electrons. The zero-order chi connectivity index (χ0) is 14.5. The molecule has 1 saturated heterocycles. The van der Waals surface area contributed by atoms with Gasteiger partial charge in [0.25, 0.3) is 0 Å². The minimum atomic E-state index is 0. The standard InChI is InChI=1S/C18H26N2O.ClH/c21-18(16-7-4-12-19-13-16)20-17-10-8-15(9-11-17)14-5-2-1-3-6-14;/h1-3,5-6,15-17,19H,4,7-13H2,(H,20,21);1H/t15?,16-,17?;/m1./s1. The van der Waals surface area contributed by atoms with Crippen LogP contribution in [0.3, 0.4) is 0 Å². The number of nitrogens with one attached hydrogen (secondary N) is 2. The highest BCUT2D eigenvalue weighted by molar-refractivity contribution is 5.85. The van der Waals surface area contributed by atoms with E-state index >= 15 is 0 Å². The van der Waals surface area contributed by atoms with Gasteiger partial charge in [-0.15, -0.1) is 12.4 Å². The normalized spacial score (nSPS) is 28.5. The Morgan fingerprint density at radius 1 is 1.05 bits per heavy atom. The Hall–Kier alpha value is -1.06. The van der Waals surface area contributed by atoms with Crippen LogP contribution in [0.25, 0.3) is 0 Å². The first-order chi connectivity index (χ1) is 10.3. The van der Waals surface area contributed by atoms with Crippen LogP contribution in [0.5, 0.6) is 0 Å². The fourth-order valence-electron chi connectivity index (χ4n) is 3.69. The Balaban J connectivity index is 0.00000176. The largest absolute Gasteiger partial charge is 0.353 e. The first-order valence-corrected chi connectivity index (χ1v) is 8.39. The van der Waals surface area contributed by atoms with Gasteiger partial charge in [-0.2, -0.15) is 0 Å². The van der Waals surface area contributed by atoms with Crippen LogP contribution in [-0.2, 0) is 4.79 Å². The van der Waals surface area contributed by atoms with Gasteiger partial charge in [-0.3, -0.25) is 4.79 Å². The van der Waals surface area contributed by atoms with E-state index in [0.717, 1.165) is 38.8 Å². The van der Waals surface area contributed by atoms with Crippen molar-refractivity contribution in [2.24, 2.45) is 5.92 Å². The van der Waals surface area contributed by atoms with Crippen molar-refractivity contribution >= 4 is 18.3 Å². The molecular weight excluding hydrogens is 296 g/mol. The number of benzene rings is 1. The molecule has 0 spiro atoms. The van der Waals surface area contributed by atoms with Crippen LogP contribution in [0.15, 0.2) is 30.3 Å². The van der Waals surface area contributed by atoms with E-state index in [1.165, 1.54) is 18.4 Å². The summed E-state index contributed by atoms with van der Waals surface area (Å²) in [5.74, 6) is 1.13. The summed E-state index contributed by atoms with van der Waals surface area (Å²) < 4.78 is 0. The molecule has 1 aliphatic carbocycles. The van der Waals surface area contributed by atoms with Gasteiger partial charge in [-0.1, -0.05) is 30.3 Å². The SMILES string of the molecule is Cl.O=C(NC1CCC(c2ccccc2)CC1)[C@@H]1CCCNC1. The number of rotatable bonds is 3. The lowest BCUT2D eigenvalue weighted by Gasteiger charge is -2.31. The summed E-state index contributed by atoms with van der Waals surface area (Å²) >= 11 is 0. The van der Waals surface area contributed by atoms with Crippen molar-refractivity contribution in [1.29, 1.82) is 0 Å². The highest BCUT2D eigenvalue weighted by Gasteiger charge is 2.26. The minimum Gasteiger partial charge on any atom is -0.353 e. The molecule has 1 atom stereocenters. The fourth-order valence-corrected chi connectivity index (χ4v) is 3.69. The highest BCUT2D eigenvalue weighted by atomic mass is 35.5. The topological polar surface area (TPSA) is 41.1 Å². The van der Waals surface area contributed by atoms with E-state index in [2.05, 4.69) is 41.0 Å². The zero-order valence-corrected chi connectivity index (χ0v) is 13.9. The molecule has 1 aromatic rings. The van der Waals surface area contributed by atoms with Crippen molar-refractivity contribution in [2.45, 2.75) is 50.5 Å². The molecule has 3 nitrogen and oxygen atoms in total. The first kappa shape index (κ1) is 17.3. The van der Waals surface area contributed by atoms with Crippen LogP contribution >= 0.6 is 12.4 Å². The van der Waals surface area contributed by atoms with Crippen molar-refractivity contribution < 1.29 is 4.79 Å². The molecular formula is C18H27ClN2O. The van der Waals surface area contributed by atoms with E-state index in [-0.39, 0.29) is 24.2 Å². The Morgan fingerprint density at radius 3 is 2.41 bits per heavy atom. The zero-order valence-electron chi connectivity index (χ0n) is 13.1. The lowest BCUT2D eigenvalue weighted by Crippen LogP contribution is -2.45. The molecule has 1 amide bonds. The molecule has 1 heterocycles. The molecule has 2 fully saturated rings. The minimum absolute atomic E-state index is 0. The molecule has 22 heavy (non-hydrogen) atoms. The van der Waals surface area contributed by atoms with Gasteiger partial charge in [0, 0.05) is 12.6 Å². The molecule has 0 unspecified atom stereocenters. The third-order valence-corrected chi connectivity index (χ3v) is 5.01. The summed E-state index contributed by atoms with van der Waals surface area (Å²) in [6, 6.07) is 11.2. The van der Waals surface area contributed by atoms with Crippen LogP contribution in [0, 0.1) is 5.92 Å². The summed E-state index contributed by atoms with van der Waals surface area (Å²) in [4.78, 5) is 12.3. The molecule has 1 aromatic carbocycles. The monoisotopic (exact) mass is 322 g/mol. The molecule has 3 rings (SSSR count). The van der Waals surface area contributed by atoms with E-state index in [1.807, 2.05) is 0 Å². The Morgan fingerprint density at radius 2 is 1.77 bits per heavy atom. The van der Waals surface area contributed by atoms with Crippen molar-refractivity contribution in [3.05, 3.63) is 35.9 Å². The second-order valence-corrected chi connectivity index (χ2v) is 6.51. The van der Waals surface area contributed by atoms with Crippen molar-refractivity contribution in [3.8, 4) is 0 Å². The van der Waals surface area contributed by atoms with E-state index in [9.17, 15) is 4.79 Å². The Bertz CT molecular complexity index is 451. The maximum absolute atomic E-state index is 12.3. The lowest BCUT2D eigenvalue weighted by atomic mass is 9.81. The van der Waals surface area contributed by atoms with Gasteiger partial charge in [0.1, 0.15) is 0 Å². The van der Waals surface area contributed by atoms with Crippen LogP contribution in [-0.4, -0.2) is 25.0 Å². The maximum atomic E-state index is 12.3. The van der Waals surface area contributed by atoms with Crippen LogP contribution < -0.4 is 10.6 Å². The third-order valence-electron chi connectivity index (χ3n) is 5.01. The number of hydrogen-bond acceptors (Lipinski definition) is 2. The lowest BCUT2D eigenvalue weighted by molar-refractivity contribution is -0.126. The van der Waals surface area contributed by atoms with E-state index in [1.54, 1.807) is 0 Å². The maximum Gasteiger partial charge on any atom is 0.224 e. The number of carbonyl (C=O) groups excluding carboxylic acids is 1. The molecule has 1 aliphatic heterocycles. The fraction of sp³-hybridized carbons (Fsp3) is 0.611. The summed E-state index contributed by atoms with van der Waals surface area (Å²) in [6.07, 6.45) is 6.78. The van der Waals surface area contributed by atoms with Gasteiger partial charge >= 0.3 is 0 Å². The summed E-state index contributed by atoms with van der Waals surface area (Å²) in [7, 11) is 0. The average molecular weight is 323 g/mol. The number of carbonyl (C=O) groups is 1. The van der Waals surface area contributed by atoms with Crippen LogP contribution in [0.2, 0.25) is 0 Å². The molecule has 4 heteroatoms. The number of piperidine rings is 1. The molecule has 0 bridgehead atoms. The smallest absolute Gasteiger partial charge is 0.224 e. The van der Waals surface area contributed by atoms with Gasteiger partial charge in [-0.05, 0) is 56.6 Å². The number of hydrogen-bond donors (Lipinski definition) is 2. The predicted octanol–water partition coefficient (Wildman–Crippen LogP) is 3.25. The number of amides is 1. The second kappa shape index (κ2) is 8.54. The van der Waals surface area contributed by atoms with Gasteiger partial charge in [0.15, 0.2) is 0 Å². The molecule has 1 saturated carbocycles. The van der Waals surface area contributed by atoms with Crippen molar-refractivity contribution in [2.75, 3.05) is 13.1 Å². The van der Waals surface area contributed by atoms with Gasteiger partial charge in [-0.25, -0.2) is 0 Å². The highest BCUT2D eigenvalue weighted by Crippen LogP contribution is 2.32. The van der Waals surface area contributed by atoms with Crippen LogP contribution in [0.1, 0.15) is 50.0 Å². The molecule has 2 aliphatic rings. The van der Waals surface area contributed by atoms with Crippen molar-refractivity contribution in [1.82, 2.24) is 10.6 Å². The molecule has 0 radical (unpaired) electrons. The van der Waals surface area contributed by atoms with E-state index in [0.29, 0.717) is 12.0 Å². The van der Waals surface area contributed by atoms with Gasteiger partial charge in [0.05, 0.1) is 5.92 Å². The van der Waals surface area contributed by atoms with Gasteiger partial charge in [0.2, 0.25) is 5.91 Å². The quantitative estimate of drug-likeness (QED) is 0.897. The van der Waals surface area contributed by atoms with Crippen LogP contribution in [0.4, 0.5) is 0 Å². The third kappa shape index (κ3) is 4.47. The molecule has 0 aromatic heterocycles. The van der Waals surface area contributed by atoms with E-state index < -0.39 is 0 Å². The Labute approximate surface area is 139 Å². The molecule has 2 N–H and O–H groups in total. The van der Waals surface area contributed by atoms with E-state index in [4.69, 9.17) is 0 Å². The average Bonchev–Trinajstić information content (AvgIpc) is 2.57. The number of halogens is 1. The predicted molar refractivity (Wildman–Crippen MR) is 92.4 cm³/mol. The van der Waals surface area contributed by atoms with Gasteiger partial charge < -0.3 is 10.6 Å². The second-order valence-electron chi connectivity index (χ2n) is 6.51. The van der Waals surface area contributed by atoms with Crippen molar-refractivity contribution in [3.63, 3.8) is 0 Å². The summed E-state index contributed by atoms with van der Waals surface area (Å²) in [5, 5.41) is 6.60.